The van der Waals surface area contributed by atoms with Crippen LogP contribution in [0.15, 0.2) is 30.5 Å². The summed E-state index contributed by atoms with van der Waals surface area (Å²) in [7, 11) is 0. The van der Waals surface area contributed by atoms with E-state index < -0.39 is 0 Å². The molecule has 1 saturated heterocycles. The first-order valence-corrected chi connectivity index (χ1v) is 8.09. The van der Waals surface area contributed by atoms with Crippen LogP contribution in [0.1, 0.15) is 31.2 Å². The van der Waals surface area contributed by atoms with Crippen molar-refractivity contribution in [1.82, 2.24) is 9.88 Å². The molecule has 2 heterocycles. The molecule has 0 unspecified atom stereocenters. The van der Waals surface area contributed by atoms with Gasteiger partial charge in [-0.25, -0.2) is 0 Å². The highest BCUT2D eigenvalue weighted by Gasteiger charge is 2.40. The summed E-state index contributed by atoms with van der Waals surface area (Å²) in [6.45, 7) is 0.756. The fourth-order valence-corrected chi connectivity index (χ4v) is 3.99. The number of benzene rings is 1. The van der Waals surface area contributed by atoms with E-state index in [1.54, 1.807) is 0 Å². The molecule has 4 nitrogen and oxygen atoms in total. The Hall–Kier alpha value is -2.10. The third-order valence-electron chi connectivity index (χ3n) is 5.21. The first-order chi connectivity index (χ1) is 10.7. The van der Waals surface area contributed by atoms with Crippen molar-refractivity contribution in [2.45, 2.75) is 38.1 Å². The maximum absolute atomic E-state index is 12.3. The van der Waals surface area contributed by atoms with Crippen LogP contribution in [-0.2, 0) is 16.0 Å². The summed E-state index contributed by atoms with van der Waals surface area (Å²) >= 11 is 0. The molecule has 2 fully saturated rings. The average molecular weight is 296 g/mol. The Labute approximate surface area is 129 Å². The highest BCUT2D eigenvalue weighted by Crippen LogP contribution is 2.33. The first-order valence-electron chi connectivity index (χ1n) is 8.09. The van der Waals surface area contributed by atoms with Crippen molar-refractivity contribution in [3.8, 4) is 0 Å². The second-order valence-electron chi connectivity index (χ2n) is 6.49. The minimum atomic E-state index is -0.00408. The Kier molecular flexibility index (Phi) is 3.25. The number of aromatic nitrogens is 1. The van der Waals surface area contributed by atoms with Gasteiger partial charge >= 0.3 is 0 Å². The minimum absolute atomic E-state index is 0.00408. The first kappa shape index (κ1) is 13.6. The van der Waals surface area contributed by atoms with Crippen LogP contribution in [0.25, 0.3) is 10.9 Å². The van der Waals surface area contributed by atoms with E-state index in [9.17, 15) is 9.59 Å². The molecule has 1 aliphatic carbocycles. The third kappa shape index (κ3) is 2.23. The van der Waals surface area contributed by atoms with Crippen molar-refractivity contribution in [2.75, 3.05) is 6.54 Å². The zero-order chi connectivity index (χ0) is 15.1. The molecule has 1 amide bonds. The van der Waals surface area contributed by atoms with Crippen LogP contribution in [0, 0.1) is 5.92 Å². The summed E-state index contributed by atoms with van der Waals surface area (Å²) in [5.41, 5.74) is 2.41. The molecule has 1 aromatic carbocycles. The van der Waals surface area contributed by atoms with Crippen LogP contribution in [0.2, 0.25) is 0 Å². The van der Waals surface area contributed by atoms with Gasteiger partial charge in [-0.05, 0) is 30.9 Å². The quantitative estimate of drug-likeness (QED) is 0.946. The van der Waals surface area contributed by atoms with Crippen LogP contribution in [0.5, 0.6) is 0 Å². The fraction of sp³-hybridized carbons (Fsp3) is 0.444. The van der Waals surface area contributed by atoms with Gasteiger partial charge in [-0.2, -0.15) is 0 Å². The number of carbonyl (C=O) groups excluding carboxylic acids is 2. The summed E-state index contributed by atoms with van der Waals surface area (Å²) < 4.78 is 0. The lowest BCUT2D eigenvalue weighted by molar-refractivity contribution is -0.146. The number of hydrogen-bond acceptors (Lipinski definition) is 2. The lowest BCUT2D eigenvalue weighted by atomic mass is 9.78. The van der Waals surface area contributed by atoms with Crippen molar-refractivity contribution in [1.29, 1.82) is 0 Å². The second kappa shape index (κ2) is 5.27. The number of fused-ring (bicyclic) bond motifs is 3. The summed E-state index contributed by atoms with van der Waals surface area (Å²) in [5, 5.41) is 1.24. The lowest BCUT2D eigenvalue weighted by Crippen LogP contribution is -2.51. The molecular weight excluding hydrogens is 276 g/mol. The summed E-state index contributed by atoms with van der Waals surface area (Å²) in [6, 6.07) is 8.53. The Morgan fingerprint density at radius 2 is 2.09 bits per heavy atom. The van der Waals surface area contributed by atoms with Crippen molar-refractivity contribution in [3.05, 3.63) is 36.0 Å². The van der Waals surface area contributed by atoms with Gasteiger partial charge in [0.2, 0.25) is 5.91 Å². The Morgan fingerprint density at radius 1 is 1.23 bits per heavy atom. The van der Waals surface area contributed by atoms with Crippen LogP contribution in [0.3, 0.4) is 0 Å². The number of likely N-dealkylation sites (tertiary alicyclic amines) is 1. The predicted molar refractivity (Wildman–Crippen MR) is 84.5 cm³/mol. The molecule has 4 heteroatoms. The van der Waals surface area contributed by atoms with E-state index in [4.69, 9.17) is 0 Å². The molecule has 2 aromatic rings. The number of nitrogens with one attached hydrogen (secondary N) is 1. The molecule has 2 bridgehead atoms. The Bertz CT molecular complexity index is 734. The van der Waals surface area contributed by atoms with Gasteiger partial charge < -0.3 is 9.88 Å². The SMILES string of the molecule is O=C1CC[C@H]2C[C@@H]1CC(=O)N2CCc1c[nH]c2ccccc12. The van der Waals surface area contributed by atoms with E-state index in [-0.39, 0.29) is 17.9 Å². The Balaban J connectivity index is 1.49. The maximum Gasteiger partial charge on any atom is 0.223 e. The average Bonchev–Trinajstić information content (AvgIpc) is 2.94. The molecule has 1 aromatic heterocycles. The molecule has 1 aliphatic heterocycles. The number of Topliss-reactive ketones (excluding diaryl/α,β-unsaturated/α-hetero) is 1. The molecule has 1 saturated carbocycles. The number of H-pyrrole nitrogens is 1. The Morgan fingerprint density at radius 3 is 3.00 bits per heavy atom. The van der Waals surface area contributed by atoms with Gasteiger partial charge in [0.15, 0.2) is 0 Å². The van der Waals surface area contributed by atoms with Crippen molar-refractivity contribution in [2.24, 2.45) is 5.92 Å². The molecule has 2 aliphatic rings. The number of hydrogen-bond donors (Lipinski definition) is 1. The third-order valence-corrected chi connectivity index (χ3v) is 5.21. The summed E-state index contributed by atoms with van der Waals surface area (Å²) in [4.78, 5) is 29.4. The molecular formula is C18H20N2O2. The fourth-order valence-electron chi connectivity index (χ4n) is 3.99. The highest BCUT2D eigenvalue weighted by molar-refractivity contribution is 5.90. The van der Waals surface area contributed by atoms with Gasteiger partial charge in [0.05, 0.1) is 0 Å². The van der Waals surface area contributed by atoms with Gasteiger partial charge in [0, 0.05) is 48.4 Å². The van der Waals surface area contributed by atoms with Crippen LogP contribution in [0.4, 0.5) is 0 Å². The largest absolute Gasteiger partial charge is 0.361 e. The van der Waals surface area contributed by atoms with Gasteiger partial charge in [-0.15, -0.1) is 0 Å². The van der Waals surface area contributed by atoms with Gasteiger partial charge in [0.1, 0.15) is 5.78 Å². The van der Waals surface area contributed by atoms with Crippen molar-refractivity contribution >= 4 is 22.6 Å². The minimum Gasteiger partial charge on any atom is -0.361 e. The van der Waals surface area contributed by atoms with E-state index in [1.807, 2.05) is 23.2 Å². The summed E-state index contributed by atoms with van der Waals surface area (Å²) in [6.07, 6.45) is 5.69. The monoisotopic (exact) mass is 296 g/mol. The predicted octanol–water partition coefficient (Wildman–Crippen LogP) is 2.68. The molecule has 22 heavy (non-hydrogen) atoms. The number of amides is 1. The molecule has 2 atom stereocenters. The van der Waals surface area contributed by atoms with E-state index in [0.717, 1.165) is 31.3 Å². The number of carbonyl (C=O) groups is 2. The van der Waals surface area contributed by atoms with Gasteiger partial charge in [-0.3, -0.25) is 9.59 Å². The standard InChI is InChI=1S/C18H20N2O2/c21-17-6-5-14-9-13(17)10-18(22)20(14)8-7-12-11-19-16-4-2-1-3-15(12)16/h1-4,11,13-14,19H,5-10H2/t13-,14+/m1/s1. The smallest absolute Gasteiger partial charge is 0.223 e. The number of ketones is 1. The van der Waals surface area contributed by atoms with Crippen molar-refractivity contribution < 1.29 is 9.59 Å². The lowest BCUT2D eigenvalue weighted by Gasteiger charge is -2.42. The normalized spacial score (nSPS) is 25.0. The zero-order valence-electron chi connectivity index (χ0n) is 12.5. The highest BCUT2D eigenvalue weighted by atomic mass is 16.2. The number of rotatable bonds is 3. The van der Waals surface area contributed by atoms with Crippen LogP contribution >= 0.6 is 0 Å². The number of piperidine rings is 1. The molecule has 4 rings (SSSR count). The van der Waals surface area contributed by atoms with Crippen LogP contribution < -0.4 is 0 Å². The molecule has 1 N–H and O–H groups in total. The number of nitrogens with zero attached hydrogens (tertiary/aromatic N) is 1. The molecule has 0 radical (unpaired) electrons. The van der Waals surface area contributed by atoms with Gasteiger partial charge in [0.25, 0.3) is 0 Å². The van der Waals surface area contributed by atoms with E-state index >= 15 is 0 Å². The topological polar surface area (TPSA) is 53.2 Å². The maximum atomic E-state index is 12.3. The second-order valence-corrected chi connectivity index (χ2v) is 6.49. The molecule has 114 valence electrons. The zero-order valence-corrected chi connectivity index (χ0v) is 12.5. The number of para-hydroxylation sites is 1. The molecule has 0 spiro atoms. The number of aromatic amines is 1. The summed E-state index contributed by atoms with van der Waals surface area (Å²) in [5.74, 6) is 0.450. The van der Waals surface area contributed by atoms with Crippen molar-refractivity contribution in [3.63, 3.8) is 0 Å². The van der Waals surface area contributed by atoms with E-state index in [1.165, 1.54) is 10.9 Å². The van der Waals surface area contributed by atoms with Gasteiger partial charge in [-0.1, -0.05) is 18.2 Å². The van der Waals surface area contributed by atoms with E-state index in [2.05, 4.69) is 17.1 Å². The van der Waals surface area contributed by atoms with Crippen LogP contribution in [-0.4, -0.2) is 34.2 Å². The van der Waals surface area contributed by atoms with E-state index in [0.29, 0.717) is 18.6 Å².